The van der Waals surface area contributed by atoms with Gasteiger partial charge in [0.2, 0.25) is 5.82 Å². The lowest BCUT2D eigenvalue weighted by Crippen LogP contribution is -2.28. The molecule has 0 amide bonds. The molecule has 0 aliphatic rings. The van der Waals surface area contributed by atoms with Crippen molar-refractivity contribution in [3.63, 3.8) is 0 Å². The summed E-state index contributed by atoms with van der Waals surface area (Å²) in [7, 11) is 0. The van der Waals surface area contributed by atoms with Gasteiger partial charge in [-0.05, 0) is 13.8 Å². The lowest BCUT2D eigenvalue weighted by molar-refractivity contribution is -0.588. The summed E-state index contributed by atoms with van der Waals surface area (Å²) in [6.07, 6.45) is 1.22. The fraction of sp³-hybridized carbons (Fsp3) is 0.571. The molecule has 6 heteroatoms. The number of hydrogen-bond acceptors (Lipinski definition) is 4. The highest BCUT2D eigenvalue weighted by atomic mass is 16.5. The van der Waals surface area contributed by atoms with Crippen LogP contribution in [0.4, 0.5) is 11.8 Å². The molecule has 2 N–H and O–H groups in total. The van der Waals surface area contributed by atoms with Crippen molar-refractivity contribution in [3.05, 3.63) is 16.6 Å². The third kappa shape index (κ3) is 1.77. The molecule has 0 aromatic carbocycles. The number of nitrogens with one attached hydrogen (secondary N) is 2. The average molecular weight is 185 g/mol. The van der Waals surface area contributed by atoms with Crippen LogP contribution in [0.2, 0.25) is 0 Å². The Labute approximate surface area is 76.3 Å². The molecule has 1 aromatic rings. The maximum Gasteiger partial charge on any atom is 0.360 e. The van der Waals surface area contributed by atoms with Crippen LogP contribution in [-0.2, 0) is 0 Å². The van der Waals surface area contributed by atoms with Crippen molar-refractivity contribution < 1.29 is 4.73 Å². The predicted molar refractivity (Wildman–Crippen MR) is 50.5 cm³/mol. The van der Waals surface area contributed by atoms with Crippen LogP contribution < -0.4 is 15.4 Å². The molecule has 0 aliphatic heterocycles. The highest BCUT2D eigenvalue weighted by Crippen LogP contribution is 2.10. The molecule has 1 rings (SSSR count). The quantitative estimate of drug-likeness (QED) is 0.523. The van der Waals surface area contributed by atoms with E-state index >= 15 is 0 Å². The zero-order valence-electron chi connectivity index (χ0n) is 7.70. The van der Waals surface area contributed by atoms with Gasteiger partial charge >= 0.3 is 5.95 Å². The third-order valence-electron chi connectivity index (χ3n) is 1.55. The van der Waals surface area contributed by atoms with Crippen LogP contribution in [0.5, 0.6) is 0 Å². The molecular weight excluding hydrogens is 172 g/mol. The van der Waals surface area contributed by atoms with Gasteiger partial charge in [-0.15, -0.1) is 0 Å². The molecule has 74 valence electrons. The van der Waals surface area contributed by atoms with Crippen molar-refractivity contribution >= 4 is 11.8 Å². The van der Waals surface area contributed by atoms with E-state index in [0.717, 1.165) is 0 Å². The second-order valence-corrected chi connectivity index (χ2v) is 2.52. The first-order valence-electron chi connectivity index (χ1n) is 4.20. The van der Waals surface area contributed by atoms with Crippen molar-refractivity contribution in [3.8, 4) is 0 Å². The number of aromatic nitrogens is 2. The molecule has 0 atom stereocenters. The fourth-order valence-corrected chi connectivity index (χ4v) is 1.03. The smallest absolute Gasteiger partial charge is 0.360 e. The summed E-state index contributed by atoms with van der Waals surface area (Å²) in [5.41, 5.74) is 0. The summed E-state index contributed by atoms with van der Waals surface area (Å²) in [6, 6.07) is 0. The van der Waals surface area contributed by atoms with E-state index in [4.69, 9.17) is 0 Å². The van der Waals surface area contributed by atoms with Crippen molar-refractivity contribution in [2.75, 3.05) is 23.7 Å². The summed E-state index contributed by atoms with van der Waals surface area (Å²) >= 11 is 0. The van der Waals surface area contributed by atoms with Gasteiger partial charge in [-0.1, -0.05) is 0 Å². The topological polar surface area (TPSA) is 79.0 Å². The van der Waals surface area contributed by atoms with E-state index in [1.165, 1.54) is 6.20 Å². The van der Waals surface area contributed by atoms with Gasteiger partial charge in [-0.25, -0.2) is 9.46 Å². The Morgan fingerprint density at radius 2 is 2.00 bits per heavy atom. The SMILES string of the molecule is CCNc1c[n+]([O-])c(NCC)n1[O-]. The number of hydrogen-bond donors (Lipinski definition) is 2. The van der Waals surface area contributed by atoms with Crippen LogP contribution in [0.1, 0.15) is 13.8 Å². The fourth-order valence-electron chi connectivity index (χ4n) is 1.03. The zero-order valence-corrected chi connectivity index (χ0v) is 7.70. The molecule has 0 saturated carbocycles. The van der Waals surface area contributed by atoms with E-state index in [9.17, 15) is 10.4 Å². The lowest BCUT2D eigenvalue weighted by Gasteiger charge is -2.09. The Kier molecular flexibility index (Phi) is 2.84. The van der Waals surface area contributed by atoms with Crippen molar-refractivity contribution in [2.45, 2.75) is 13.8 Å². The van der Waals surface area contributed by atoms with Gasteiger partial charge < -0.3 is 15.7 Å². The van der Waals surface area contributed by atoms with Gasteiger partial charge in [0.15, 0.2) is 0 Å². The maximum absolute atomic E-state index is 11.3. The second kappa shape index (κ2) is 3.88. The van der Waals surface area contributed by atoms with Crippen LogP contribution in [0.25, 0.3) is 0 Å². The van der Waals surface area contributed by atoms with Gasteiger partial charge in [0.05, 0.1) is 6.54 Å². The molecule has 6 nitrogen and oxygen atoms in total. The van der Waals surface area contributed by atoms with Crippen molar-refractivity contribution in [1.82, 2.24) is 4.73 Å². The first-order valence-corrected chi connectivity index (χ1v) is 4.20. The van der Waals surface area contributed by atoms with Gasteiger partial charge in [-0.3, -0.25) is 5.32 Å². The highest BCUT2D eigenvalue weighted by Gasteiger charge is 2.10. The average Bonchev–Trinajstić information content (AvgIpc) is 2.34. The normalized spacial score (nSPS) is 10.0. The Balaban J connectivity index is 2.92. The minimum absolute atomic E-state index is 0.0125. The van der Waals surface area contributed by atoms with Crippen molar-refractivity contribution in [2.24, 2.45) is 0 Å². The van der Waals surface area contributed by atoms with Crippen molar-refractivity contribution in [1.29, 1.82) is 0 Å². The summed E-state index contributed by atoms with van der Waals surface area (Å²) < 4.78 is 1.08. The van der Waals surface area contributed by atoms with Gasteiger partial charge in [-0.2, -0.15) is 0 Å². The Bertz CT molecular complexity index is 284. The minimum atomic E-state index is 0.0125. The number of imidazole rings is 1. The highest BCUT2D eigenvalue weighted by molar-refractivity contribution is 5.40. The molecule has 0 saturated heterocycles. The molecule has 0 bridgehead atoms. The summed E-state index contributed by atoms with van der Waals surface area (Å²) in [5.74, 6) is 0.284. The van der Waals surface area contributed by atoms with E-state index in [1.54, 1.807) is 0 Å². The monoisotopic (exact) mass is 185 g/mol. The minimum Gasteiger partial charge on any atom is -0.740 e. The lowest BCUT2D eigenvalue weighted by atomic mass is 10.6. The Morgan fingerprint density at radius 1 is 1.38 bits per heavy atom. The van der Waals surface area contributed by atoms with Crippen LogP contribution in [0.15, 0.2) is 6.20 Å². The van der Waals surface area contributed by atoms with Gasteiger partial charge in [0.1, 0.15) is 6.20 Å². The number of rotatable bonds is 4. The van der Waals surface area contributed by atoms with E-state index in [1.807, 2.05) is 13.8 Å². The summed E-state index contributed by atoms with van der Waals surface area (Å²) in [6.45, 7) is 4.83. The van der Waals surface area contributed by atoms with E-state index in [-0.39, 0.29) is 11.8 Å². The largest absolute Gasteiger partial charge is 0.740 e. The van der Waals surface area contributed by atoms with Crippen LogP contribution in [-0.4, -0.2) is 17.8 Å². The number of anilines is 2. The molecule has 0 spiro atoms. The van der Waals surface area contributed by atoms with Crippen LogP contribution in [0.3, 0.4) is 0 Å². The molecule has 0 unspecified atom stereocenters. The predicted octanol–water partition coefficient (Wildman–Crippen LogP) is 0.331. The van der Waals surface area contributed by atoms with E-state index < -0.39 is 0 Å². The van der Waals surface area contributed by atoms with Crippen LogP contribution in [0, 0.1) is 10.4 Å². The first-order chi connectivity index (χ1) is 6.20. The second-order valence-electron chi connectivity index (χ2n) is 2.52. The van der Waals surface area contributed by atoms with E-state index in [2.05, 4.69) is 10.6 Å². The number of nitrogens with zero attached hydrogens (tertiary/aromatic N) is 2. The maximum atomic E-state index is 11.3. The Morgan fingerprint density at radius 3 is 2.54 bits per heavy atom. The molecule has 0 aliphatic carbocycles. The summed E-state index contributed by atoms with van der Waals surface area (Å²) in [5, 5.41) is 27.9. The van der Waals surface area contributed by atoms with Crippen LogP contribution >= 0.6 is 0 Å². The van der Waals surface area contributed by atoms with Gasteiger partial charge in [0.25, 0.3) is 0 Å². The van der Waals surface area contributed by atoms with E-state index in [0.29, 0.717) is 22.6 Å². The zero-order chi connectivity index (χ0) is 9.84. The molecule has 1 heterocycles. The Hall–Kier alpha value is -1.59. The molecular formula is C7H13N4O2-. The standard InChI is InChI=1S/C7H13N4O2/c1-3-8-6-5-10(12)7(9-4-2)11(6)13/h5,8-9H,3-4H2,1-2H3/q-1. The third-order valence-corrected chi connectivity index (χ3v) is 1.55. The summed E-state index contributed by atoms with van der Waals surface area (Å²) in [4.78, 5) is 0. The molecule has 0 fully saturated rings. The molecule has 0 radical (unpaired) electrons. The first kappa shape index (κ1) is 9.50. The molecule has 13 heavy (non-hydrogen) atoms. The van der Waals surface area contributed by atoms with Gasteiger partial charge in [0, 0.05) is 6.54 Å². The molecule has 1 aromatic heterocycles.